The van der Waals surface area contributed by atoms with Gasteiger partial charge in [0.05, 0.1) is 6.61 Å². The molecule has 0 bridgehead atoms. The van der Waals surface area contributed by atoms with Crippen LogP contribution >= 0.6 is 11.6 Å². The minimum atomic E-state index is -0.690. The lowest BCUT2D eigenvalue weighted by Gasteiger charge is -2.03. The maximum atomic E-state index is 11.0. The average molecular weight is 241 g/mol. The molecule has 0 unspecified atom stereocenters. The molecule has 0 aliphatic heterocycles. The van der Waals surface area contributed by atoms with Gasteiger partial charge < -0.3 is 9.47 Å². The first kappa shape index (κ1) is 12.6. The van der Waals surface area contributed by atoms with Crippen LogP contribution in [0.1, 0.15) is 19.4 Å². The molecule has 0 saturated heterocycles. The molecule has 0 saturated carbocycles. The highest BCUT2D eigenvalue weighted by Crippen LogP contribution is 2.13. The van der Waals surface area contributed by atoms with Crippen molar-refractivity contribution >= 4 is 23.8 Å². The Hall–Kier alpha value is -1.48. The van der Waals surface area contributed by atoms with Crippen molar-refractivity contribution < 1.29 is 14.3 Å². The van der Waals surface area contributed by atoms with E-state index in [0.29, 0.717) is 17.4 Å². The van der Waals surface area contributed by atoms with Crippen LogP contribution in [0.3, 0.4) is 0 Å². The molecule has 0 aliphatic rings. The van der Waals surface area contributed by atoms with Crippen LogP contribution in [-0.2, 0) is 9.47 Å². The second-order valence-corrected chi connectivity index (χ2v) is 3.53. The van der Waals surface area contributed by atoms with Gasteiger partial charge in [0.2, 0.25) is 0 Å². The minimum absolute atomic E-state index is 0.299. The van der Waals surface area contributed by atoms with Crippen LogP contribution in [0.25, 0.3) is 6.08 Å². The lowest BCUT2D eigenvalue weighted by molar-refractivity contribution is 0.0826. The van der Waals surface area contributed by atoms with Gasteiger partial charge in [0.25, 0.3) is 0 Å². The number of hydrogen-bond donors (Lipinski definition) is 0. The van der Waals surface area contributed by atoms with Crippen molar-refractivity contribution in [1.29, 1.82) is 0 Å². The summed E-state index contributed by atoms with van der Waals surface area (Å²) in [6.07, 6.45) is 1.04. The highest BCUT2D eigenvalue weighted by atomic mass is 35.5. The Kier molecular flexibility index (Phi) is 4.86. The van der Waals surface area contributed by atoms with Crippen LogP contribution in [-0.4, -0.2) is 12.8 Å². The first-order valence-corrected chi connectivity index (χ1v) is 5.28. The second-order valence-electron chi connectivity index (χ2n) is 3.09. The number of carbonyl (C=O) groups excluding carboxylic acids is 1. The van der Waals surface area contributed by atoms with E-state index in [0.717, 1.165) is 5.56 Å². The molecule has 1 aromatic carbocycles. The third-order valence-corrected chi connectivity index (χ3v) is 2.00. The molecule has 86 valence electrons. The fourth-order valence-electron chi connectivity index (χ4n) is 1.10. The van der Waals surface area contributed by atoms with E-state index >= 15 is 0 Å². The normalized spacial score (nSPS) is 11.1. The monoisotopic (exact) mass is 240 g/mol. The molecule has 16 heavy (non-hydrogen) atoms. The topological polar surface area (TPSA) is 35.5 Å². The Morgan fingerprint density at radius 1 is 1.38 bits per heavy atom. The standard InChI is InChI=1S/C12H13ClO3/c1-3-15-12(14)16-9(2)8-10-4-6-11(13)7-5-10/h4-8H,3H2,1-2H3/b9-8-. The summed E-state index contributed by atoms with van der Waals surface area (Å²) >= 11 is 5.75. The zero-order valence-electron chi connectivity index (χ0n) is 9.20. The van der Waals surface area contributed by atoms with Gasteiger partial charge in [-0.2, -0.15) is 0 Å². The molecule has 1 aromatic rings. The molecule has 0 radical (unpaired) electrons. The molecule has 0 N–H and O–H groups in total. The minimum Gasteiger partial charge on any atom is -0.434 e. The summed E-state index contributed by atoms with van der Waals surface area (Å²) in [6.45, 7) is 3.71. The quantitative estimate of drug-likeness (QED) is 0.594. The predicted octanol–water partition coefficient (Wildman–Crippen LogP) is 3.87. The maximum absolute atomic E-state index is 11.0. The zero-order valence-corrected chi connectivity index (χ0v) is 9.95. The van der Waals surface area contributed by atoms with Crippen LogP contribution < -0.4 is 0 Å². The number of rotatable bonds is 3. The second kappa shape index (κ2) is 6.18. The van der Waals surface area contributed by atoms with Crippen molar-refractivity contribution in [3.05, 3.63) is 40.6 Å². The third-order valence-electron chi connectivity index (χ3n) is 1.75. The summed E-state index contributed by atoms with van der Waals surface area (Å²) in [5, 5.41) is 0.668. The van der Waals surface area contributed by atoms with Gasteiger partial charge in [-0.1, -0.05) is 23.7 Å². The summed E-state index contributed by atoms with van der Waals surface area (Å²) in [6, 6.07) is 7.21. The summed E-state index contributed by atoms with van der Waals surface area (Å²) in [7, 11) is 0. The van der Waals surface area contributed by atoms with E-state index < -0.39 is 6.16 Å². The molecule has 4 heteroatoms. The molecular formula is C12H13ClO3. The molecule has 0 fully saturated rings. The largest absolute Gasteiger partial charge is 0.513 e. The van der Waals surface area contributed by atoms with Crippen LogP contribution in [0.5, 0.6) is 0 Å². The van der Waals surface area contributed by atoms with Crippen molar-refractivity contribution in [3.63, 3.8) is 0 Å². The van der Waals surface area contributed by atoms with Gasteiger partial charge in [0, 0.05) is 5.02 Å². The Bertz CT molecular complexity index is 382. The van der Waals surface area contributed by atoms with Gasteiger partial charge >= 0.3 is 6.16 Å². The summed E-state index contributed by atoms with van der Waals surface area (Å²) in [5.74, 6) is 0.473. The van der Waals surface area contributed by atoms with Gasteiger partial charge in [-0.05, 0) is 37.6 Å². The van der Waals surface area contributed by atoms with Gasteiger partial charge in [0.15, 0.2) is 0 Å². The molecule has 0 amide bonds. The number of halogens is 1. The van der Waals surface area contributed by atoms with E-state index in [4.69, 9.17) is 16.3 Å². The number of carbonyl (C=O) groups is 1. The highest BCUT2D eigenvalue weighted by Gasteiger charge is 2.03. The number of benzene rings is 1. The van der Waals surface area contributed by atoms with Crippen molar-refractivity contribution in [3.8, 4) is 0 Å². The van der Waals surface area contributed by atoms with Gasteiger partial charge in [-0.3, -0.25) is 0 Å². The molecule has 0 heterocycles. The molecule has 0 aromatic heterocycles. The maximum Gasteiger partial charge on any atom is 0.513 e. The van der Waals surface area contributed by atoms with E-state index in [1.165, 1.54) is 0 Å². The highest BCUT2D eigenvalue weighted by molar-refractivity contribution is 6.30. The molecule has 0 spiro atoms. The summed E-state index contributed by atoms with van der Waals surface area (Å²) in [4.78, 5) is 11.0. The smallest absolute Gasteiger partial charge is 0.434 e. The van der Waals surface area contributed by atoms with Crippen LogP contribution in [0.4, 0.5) is 4.79 Å². The Morgan fingerprint density at radius 2 is 2.00 bits per heavy atom. The van der Waals surface area contributed by atoms with E-state index in [2.05, 4.69) is 4.74 Å². The molecule has 0 aliphatic carbocycles. The summed E-state index contributed by atoms with van der Waals surface area (Å²) < 4.78 is 9.54. The number of hydrogen-bond acceptors (Lipinski definition) is 3. The van der Waals surface area contributed by atoms with Gasteiger partial charge in [-0.25, -0.2) is 4.79 Å². The Morgan fingerprint density at radius 3 is 2.56 bits per heavy atom. The third kappa shape index (κ3) is 4.36. The van der Waals surface area contributed by atoms with Crippen LogP contribution in [0.2, 0.25) is 5.02 Å². The Balaban J connectivity index is 2.62. The molecule has 3 nitrogen and oxygen atoms in total. The first-order chi connectivity index (χ1) is 7.61. The Labute approximate surface area is 99.6 Å². The zero-order chi connectivity index (χ0) is 12.0. The van der Waals surface area contributed by atoms with Crippen molar-refractivity contribution in [2.24, 2.45) is 0 Å². The lowest BCUT2D eigenvalue weighted by atomic mass is 10.2. The fraction of sp³-hybridized carbons (Fsp3) is 0.250. The van der Waals surface area contributed by atoms with E-state index in [-0.39, 0.29) is 0 Å². The summed E-state index contributed by atoms with van der Waals surface area (Å²) in [5.41, 5.74) is 0.909. The van der Waals surface area contributed by atoms with Crippen molar-refractivity contribution in [2.45, 2.75) is 13.8 Å². The number of allylic oxidation sites excluding steroid dienone is 1. The fourth-order valence-corrected chi connectivity index (χ4v) is 1.23. The van der Waals surface area contributed by atoms with Crippen molar-refractivity contribution in [2.75, 3.05) is 6.61 Å². The van der Waals surface area contributed by atoms with E-state index in [1.807, 2.05) is 12.1 Å². The first-order valence-electron chi connectivity index (χ1n) is 4.90. The predicted molar refractivity (Wildman–Crippen MR) is 63.2 cm³/mol. The van der Waals surface area contributed by atoms with Gasteiger partial charge in [-0.15, -0.1) is 0 Å². The average Bonchev–Trinajstić information content (AvgIpc) is 2.21. The number of ether oxygens (including phenoxy) is 2. The molecule has 1 rings (SSSR count). The van der Waals surface area contributed by atoms with Crippen molar-refractivity contribution in [1.82, 2.24) is 0 Å². The molecular weight excluding hydrogens is 228 g/mol. The lowest BCUT2D eigenvalue weighted by Crippen LogP contribution is -2.05. The van der Waals surface area contributed by atoms with Crippen LogP contribution in [0, 0.1) is 0 Å². The van der Waals surface area contributed by atoms with E-state index in [1.54, 1.807) is 32.1 Å². The van der Waals surface area contributed by atoms with E-state index in [9.17, 15) is 4.79 Å². The molecule has 0 atom stereocenters. The van der Waals surface area contributed by atoms with Crippen LogP contribution in [0.15, 0.2) is 30.0 Å². The van der Waals surface area contributed by atoms with Gasteiger partial charge in [0.1, 0.15) is 5.76 Å². The SMILES string of the molecule is CCOC(=O)O/C(C)=C\c1ccc(Cl)cc1.